The van der Waals surface area contributed by atoms with Crippen LogP contribution < -0.4 is 10.6 Å². The van der Waals surface area contributed by atoms with Crippen molar-refractivity contribution in [2.24, 2.45) is 0 Å². The van der Waals surface area contributed by atoms with Gasteiger partial charge in [0.2, 0.25) is 5.95 Å². The third kappa shape index (κ3) is 2.80. The first-order chi connectivity index (χ1) is 10.7. The molecule has 1 fully saturated rings. The van der Waals surface area contributed by atoms with Crippen LogP contribution in [0, 0.1) is 0 Å². The Labute approximate surface area is 127 Å². The summed E-state index contributed by atoms with van der Waals surface area (Å²) in [4.78, 5) is 26.6. The van der Waals surface area contributed by atoms with E-state index >= 15 is 0 Å². The first-order valence-electron chi connectivity index (χ1n) is 7.15. The standard InChI is InChI=1S/C13H18N6O3/c1-2-22-9(20)7-19-8-15-10-11(16-13(14)17-12(10)19)18-3-5-21-6-4-18/h8H,2-7H2,1H3,(H2,14,16,17). The van der Waals surface area contributed by atoms with Crippen molar-refractivity contribution >= 4 is 28.9 Å². The molecule has 0 unspecified atom stereocenters. The lowest BCUT2D eigenvalue weighted by molar-refractivity contribution is -0.143. The van der Waals surface area contributed by atoms with E-state index in [4.69, 9.17) is 15.2 Å². The van der Waals surface area contributed by atoms with Crippen molar-refractivity contribution < 1.29 is 14.3 Å². The van der Waals surface area contributed by atoms with Gasteiger partial charge in [-0.25, -0.2) is 4.98 Å². The Morgan fingerprint density at radius 3 is 2.91 bits per heavy atom. The lowest BCUT2D eigenvalue weighted by Gasteiger charge is -2.27. The zero-order chi connectivity index (χ0) is 15.5. The molecular weight excluding hydrogens is 288 g/mol. The molecule has 0 aliphatic carbocycles. The quantitative estimate of drug-likeness (QED) is 0.774. The van der Waals surface area contributed by atoms with Crippen LogP contribution in [0.25, 0.3) is 11.2 Å². The summed E-state index contributed by atoms with van der Waals surface area (Å²) in [6, 6.07) is 0. The van der Waals surface area contributed by atoms with Crippen LogP contribution in [0.4, 0.5) is 11.8 Å². The van der Waals surface area contributed by atoms with E-state index in [1.54, 1.807) is 17.8 Å². The van der Waals surface area contributed by atoms with Gasteiger partial charge in [-0.3, -0.25) is 4.79 Å². The largest absolute Gasteiger partial charge is 0.465 e. The number of morpholine rings is 1. The first kappa shape index (κ1) is 14.5. The Morgan fingerprint density at radius 1 is 1.41 bits per heavy atom. The summed E-state index contributed by atoms with van der Waals surface area (Å²) in [7, 11) is 0. The van der Waals surface area contributed by atoms with Crippen molar-refractivity contribution in [3.05, 3.63) is 6.33 Å². The highest BCUT2D eigenvalue weighted by molar-refractivity contribution is 5.85. The molecule has 9 heteroatoms. The number of rotatable bonds is 4. The molecule has 2 aromatic heterocycles. The Kier molecular flexibility index (Phi) is 4.05. The van der Waals surface area contributed by atoms with Crippen LogP contribution in [-0.2, 0) is 20.8 Å². The predicted molar refractivity (Wildman–Crippen MR) is 79.4 cm³/mol. The molecule has 2 aromatic rings. The molecular formula is C13H18N6O3. The lowest BCUT2D eigenvalue weighted by atomic mass is 10.3. The number of hydrogen-bond donors (Lipinski definition) is 1. The molecule has 3 heterocycles. The van der Waals surface area contributed by atoms with Crippen molar-refractivity contribution in [2.75, 3.05) is 43.5 Å². The third-order valence-electron chi connectivity index (χ3n) is 3.38. The number of anilines is 2. The van der Waals surface area contributed by atoms with Crippen LogP contribution in [0.5, 0.6) is 0 Å². The number of hydrogen-bond acceptors (Lipinski definition) is 8. The molecule has 9 nitrogen and oxygen atoms in total. The van der Waals surface area contributed by atoms with Crippen molar-refractivity contribution in [1.29, 1.82) is 0 Å². The van der Waals surface area contributed by atoms with Gasteiger partial charge in [0.25, 0.3) is 0 Å². The molecule has 0 bridgehead atoms. The Hall–Kier alpha value is -2.42. The zero-order valence-corrected chi connectivity index (χ0v) is 12.4. The molecule has 0 atom stereocenters. The van der Waals surface area contributed by atoms with Gasteiger partial charge in [0.15, 0.2) is 17.0 Å². The van der Waals surface area contributed by atoms with E-state index in [1.807, 2.05) is 0 Å². The van der Waals surface area contributed by atoms with E-state index < -0.39 is 0 Å². The van der Waals surface area contributed by atoms with E-state index in [0.717, 1.165) is 13.1 Å². The summed E-state index contributed by atoms with van der Waals surface area (Å²) >= 11 is 0. The maximum absolute atomic E-state index is 11.7. The van der Waals surface area contributed by atoms with Gasteiger partial charge in [0.1, 0.15) is 6.54 Å². The van der Waals surface area contributed by atoms with Crippen molar-refractivity contribution in [3.8, 4) is 0 Å². The number of nitrogens with two attached hydrogens (primary N) is 1. The van der Waals surface area contributed by atoms with Gasteiger partial charge in [0.05, 0.1) is 26.1 Å². The normalized spacial score (nSPS) is 15.2. The van der Waals surface area contributed by atoms with Gasteiger partial charge >= 0.3 is 5.97 Å². The molecule has 1 aliphatic rings. The van der Waals surface area contributed by atoms with Gasteiger partial charge in [0, 0.05) is 13.1 Å². The summed E-state index contributed by atoms with van der Waals surface area (Å²) in [5, 5.41) is 0. The van der Waals surface area contributed by atoms with Crippen molar-refractivity contribution in [3.63, 3.8) is 0 Å². The van der Waals surface area contributed by atoms with E-state index in [-0.39, 0.29) is 18.5 Å². The van der Waals surface area contributed by atoms with Crippen LogP contribution in [-0.4, -0.2) is 58.4 Å². The number of esters is 1. The fourth-order valence-electron chi connectivity index (χ4n) is 2.40. The summed E-state index contributed by atoms with van der Waals surface area (Å²) < 4.78 is 11.9. The van der Waals surface area contributed by atoms with Crippen molar-refractivity contribution in [1.82, 2.24) is 19.5 Å². The molecule has 118 valence electrons. The Morgan fingerprint density at radius 2 is 2.18 bits per heavy atom. The highest BCUT2D eigenvalue weighted by Gasteiger charge is 2.20. The second-order valence-corrected chi connectivity index (χ2v) is 4.85. The average molecular weight is 306 g/mol. The van der Waals surface area contributed by atoms with E-state index in [9.17, 15) is 4.79 Å². The van der Waals surface area contributed by atoms with Crippen LogP contribution in [0.1, 0.15) is 6.92 Å². The summed E-state index contributed by atoms with van der Waals surface area (Å²) in [5.74, 6) is 0.486. The number of nitrogen functional groups attached to an aromatic ring is 1. The number of nitrogens with zero attached hydrogens (tertiary/aromatic N) is 5. The Balaban J connectivity index is 1.97. The number of imidazole rings is 1. The van der Waals surface area contributed by atoms with Gasteiger partial charge in [-0.2, -0.15) is 9.97 Å². The summed E-state index contributed by atoms with van der Waals surface area (Å²) in [6.45, 7) is 4.85. The van der Waals surface area contributed by atoms with Crippen LogP contribution in [0.3, 0.4) is 0 Å². The molecule has 1 aliphatic heterocycles. The highest BCUT2D eigenvalue weighted by Crippen LogP contribution is 2.24. The average Bonchev–Trinajstić information content (AvgIpc) is 2.90. The fraction of sp³-hybridized carbons (Fsp3) is 0.538. The van der Waals surface area contributed by atoms with E-state index in [1.165, 1.54) is 0 Å². The van der Waals surface area contributed by atoms with E-state index in [2.05, 4.69) is 19.9 Å². The predicted octanol–water partition coefficient (Wildman–Crippen LogP) is -0.192. The first-order valence-corrected chi connectivity index (χ1v) is 7.15. The molecule has 22 heavy (non-hydrogen) atoms. The van der Waals surface area contributed by atoms with Crippen LogP contribution in [0.2, 0.25) is 0 Å². The maximum Gasteiger partial charge on any atom is 0.326 e. The SMILES string of the molecule is CCOC(=O)Cn1cnc2c(N3CCOCC3)nc(N)nc21. The smallest absolute Gasteiger partial charge is 0.326 e. The minimum Gasteiger partial charge on any atom is -0.465 e. The van der Waals surface area contributed by atoms with Gasteiger partial charge in [-0.05, 0) is 6.92 Å². The number of carbonyl (C=O) groups excluding carboxylic acids is 1. The maximum atomic E-state index is 11.7. The molecule has 2 N–H and O–H groups in total. The fourth-order valence-corrected chi connectivity index (χ4v) is 2.40. The number of ether oxygens (including phenoxy) is 2. The number of aromatic nitrogens is 4. The molecule has 0 spiro atoms. The van der Waals surface area contributed by atoms with Crippen LogP contribution >= 0.6 is 0 Å². The van der Waals surface area contributed by atoms with Gasteiger partial charge in [-0.1, -0.05) is 0 Å². The monoisotopic (exact) mass is 306 g/mol. The topological polar surface area (TPSA) is 108 Å². The number of carbonyl (C=O) groups is 1. The minimum atomic E-state index is -0.341. The molecule has 0 saturated carbocycles. The molecule has 3 rings (SSSR count). The summed E-state index contributed by atoms with van der Waals surface area (Å²) in [6.07, 6.45) is 1.56. The molecule has 0 amide bonds. The summed E-state index contributed by atoms with van der Waals surface area (Å²) in [5.41, 5.74) is 6.97. The van der Waals surface area contributed by atoms with Crippen LogP contribution in [0.15, 0.2) is 6.33 Å². The zero-order valence-electron chi connectivity index (χ0n) is 12.4. The van der Waals surface area contributed by atoms with Gasteiger partial charge < -0.3 is 24.7 Å². The highest BCUT2D eigenvalue weighted by atomic mass is 16.5. The second kappa shape index (κ2) is 6.14. The molecule has 0 radical (unpaired) electrons. The Bertz CT molecular complexity index is 680. The minimum absolute atomic E-state index is 0.0450. The van der Waals surface area contributed by atoms with Gasteiger partial charge in [-0.15, -0.1) is 0 Å². The molecule has 0 aromatic carbocycles. The third-order valence-corrected chi connectivity index (χ3v) is 3.38. The second-order valence-electron chi connectivity index (χ2n) is 4.85. The lowest BCUT2D eigenvalue weighted by Crippen LogP contribution is -2.37. The molecule has 1 saturated heterocycles. The van der Waals surface area contributed by atoms with Crippen molar-refractivity contribution in [2.45, 2.75) is 13.5 Å². The van der Waals surface area contributed by atoms with E-state index in [0.29, 0.717) is 36.8 Å². The number of fused-ring (bicyclic) bond motifs is 1.